The highest BCUT2D eigenvalue weighted by atomic mass is 32.2. The van der Waals surface area contributed by atoms with Crippen LogP contribution in [-0.2, 0) is 14.6 Å². The summed E-state index contributed by atoms with van der Waals surface area (Å²) >= 11 is 0. The van der Waals surface area contributed by atoms with Crippen LogP contribution in [0.2, 0.25) is 0 Å². The molecule has 0 radical (unpaired) electrons. The van der Waals surface area contributed by atoms with Crippen LogP contribution in [0.3, 0.4) is 0 Å². The normalized spacial score (nSPS) is 18.5. The average molecular weight is 471 g/mol. The van der Waals surface area contributed by atoms with Crippen LogP contribution in [0.15, 0.2) is 18.2 Å². The highest BCUT2D eigenvalue weighted by Crippen LogP contribution is 2.31. The molecular weight excluding hydrogens is 439 g/mol. The number of carbonyl (C=O) groups is 2. The molecular formula is C22H31FN2O6S. The smallest absolute Gasteiger partial charge is 0.324 e. The Morgan fingerprint density at radius 1 is 1.22 bits per heavy atom. The van der Waals surface area contributed by atoms with Gasteiger partial charge in [0.1, 0.15) is 18.1 Å². The van der Waals surface area contributed by atoms with Crippen molar-refractivity contribution < 1.29 is 32.2 Å². The van der Waals surface area contributed by atoms with Crippen LogP contribution in [0.1, 0.15) is 50.5 Å². The molecule has 1 unspecified atom stereocenters. The van der Waals surface area contributed by atoms with Crippen molar-refractivity contribution in [3.05, 3.63) is 29.6 Å². The fourth-order valence-electron chi connectivity index (χ4n) is 3.72. The van der Waals surface area contributed by atoms with Gasteiger partial charge in [0, 0.05) is 18.5 Å². The lowest BCUT2D eigenvalue weighted by Crippen LogP contribution is -2.29. The van der Waals surface area contributed by atoms with Crippen molar-refractivity contribution in [1.29, 1.82) is 0 Å². The standard InChI is InChI=1S/C22H31FN2O6S/c1-15(26)20(17-9-18(23)11-19(10-17)31-13-16-5-6-16)14-32(29,30)8-4-2-3-7-25-12-21(27)24-22(25)28/h9-11,15-16,20,26H,2-8,12-14H2,1H3,(H,24,27,28)/t15?,20-/m1/s1. The maximum atomic E-state index is 14.1. The molecule has 32 heavy (non-hydrogen) atoms. The molecule has 178 valence electrons. The van der Waals surface area contributed by atoms with Gasteiger partial charge in [-0.05, 0) is 56.2 Å². The van der Waals surface area contributed by atoms with Crippen molar-refractivity contribution in [3.63, 3.8) is 0 Å². The number of hydrogen-bond donors (Lipinski definition) is 2. The summed E-state index contributed by atoms with van der Waals surface area (Å²) in [7, 11) is -3.50. The van der Waals surface area contributed by atoms with Crippen LogP contribution < -0.4 is 10.1 Å². The molecule has 1 saturated heterocycles. The van der Waals surface area contributed by atoms with Crippen LogP contribution in [0.25, 0.3) is 0 Å². The number of ether oxygens (including phenoxy) is 1. The van der Waals surface area contributed by atoms with Crippen molar-refractivity contribution in [2.45, 2.75) is 51.0 Å². The Kier molecular flexibility index (Phi) is 8.10. The van der Waals surface area contributed by atoms with E-state index in [1.807, 2.05) is 0 Å². The fraction of sp³-hybridized carbons (Fsp3) is 0.636. The quantitative estimate of drug-likeness (QED) is 0.338. The molecule has 8 nitrogen and oxygen atoms in total. The summed E-state index contributed by atoms with van der Waals surface area (Å²) in [5, 5.41) is 12.4. The number of aliphatic hydroxyl groups is 1. The third-order valence-electron chi connectivity index (χ3n) is 5.77. The van der Waals surface area contributed by atoms with Gasteiger partial charge in [0.25, 0.3) is 0 Å². The molecule has 2 atom stereocenters. The number of carbonyl (C=O) groups excluding carboxylic acids is 2. The van der Waals surface area contributed by atoms with Gasteiger partial charge in [0.05, 0.1) is 24.2 Å². The van der Waals surface area contributed by atoms with Crippen LogP contribution in [0.5, 0.6) is 5.75 Å². The minimum absolute atomic E-state index is 0.0349. The van der Waals surface area contributed by atoms with Crippen molar-refractivity contribution in [2.24, 2.45) is 5.92 Å². The second-order valence-electron chi connectivity index (χ2n) is 8.77. The van der Waals surface area contributed by atoms with Gasteiger partial charge in [-0.25, -0.2) is 17.6 Å². The number of rotatable bonds is 13. The van der Waals surface area contributed by atoms with E-state index in [2.05, 4.69) is 5.32 Å². The number of nitrogens with zero attached hydrogens (tertiary/aromatic N) is 1. The lowest BCUT2D eigenvalue weighted by Gasteiger charge is -2.21. The molecule has 3 rings (SSSR count). The number of sulfone groups is 1. The number of hydrogen-bond acceptors (Lipinski definition) is 6. The lowest BCUT2D eigenvalue weighted by atomic mass is 9.96. The monoisotopic (exact) mass is 470 g/mol. The van der Waals surface area contributed by atoms with Gasteiger partial charge in [-0.15, -0.1) is 0 Å². The summed E-state index contributed by atoms with van der Waals surface area (Å²) < 4.78 is 45.1. The largest absolute Gasteiger partial charge is 0.493 e. The summed E-state index contributed by atoms with van der Waals surface area (Å²) in [5.74, 6) is -1.14. The Morgan fingerprint density at radius 3 is 2.59 bits per heavy atom. The van der Waals surface area contributed by atoms with E-state index in [1.54, 1.807) is 6.07 Å². The molecule has 10 heteroatoms. The number of imide groups is 1. The molecule has 1 saturated carbocycles. The van der Waals surface area contributed by atoms with E-state index >= 15 is 0 Å². The Hall–Kier alpha value is -2.20. The third kappa shape index (κ3) is 7.44. The zero-order valence-electron chi connectivity index (χ0n) is 18.3. The highest BCUT2D eigenvalue weighted by molar-refractivity contribution is 7.91. The highest BCUT2D eigenvalue weighted by Gasteiger charge is 2.28. The molecule has 1 aliphatic carbocycles. The van der Waals surface area contributed by atoms with Crippen LogP contribution >= 0.6 is 0 Å². The van der Waals surface area contributed by atoms with Gasteiger partial charge >= 0.3 is 6.03 Å². The summed E-state index contributed by atoms with van der Waals surface area (Å²) in [6.45, 7) is 2.43. The minimum Gasteiger partial charge on any atom is -0.493 e. The first-order chi connectivity index (χ1) is 15.1. The number of amides is 3. The Balaban J connectivity index is 1.51. The van der Waals surface area contributed by atoms with Crippen molar-refractivity contribution in [2.75, 3.05) is 31.2 Å². The molecule has 1 aromatic rings. The van der Waals surface area contributed by atoms with Gasteiger partial charge in [0.2, 0.25) is 5.91 Å². The topological polar surface area (TPSA) is 113 Å². The summed E-state index contributed by atoms with van der Waals surface area (Å²) in [5.41, 5.74) is 0.402. The molecule has 0 aromatic heterocycles. The van der Waals surface area contributed by atoms with Gasteiger partial charge in [0.15, 0.2) is 9.84 Å². The average Bonchev–Trinajstić information content (AvgIpc) is 3.47. The molecule has 1 aliphatic heterocycles. The lowest BCUT2D eigenvalue weighted by molar-refractivity contribution is -0.118. The maximum absolute atomic E-state index is 14.1. The fourth-order valence-corrected chi connectivity index (χ4v) is 5.55. The van der Waals surface area contributed by atoms with E-state index in [4.69, 9.17) is 4.74 Å². The first-order valence-corrected chi connectivity index (χ1v) is 12.9. The predicted molar refractivity (Wildman–Crippen MR) is 117 cm³/mol. The second kappa shape index (κ2) is 10.6. The van der Waals surface area contributed by atoms with Crippen LogP contribution in [-0.4, -0.2) is 67.7 Å². The third-order valence-corrected chi connectivity index (χ3v) is 7.55. The molecule has 0 bridgehead atoms. The van der Waals surface area contributed by atoms with E-state index in [9.17, 15) is 27.5 Å². The Morgan fingerprint density at radius 2 is 1.97 bits per heavy atom. The van der Waals surface area contributed by atoms with Gasteiger partial charge < -0.3 is 14.7 Å². The number of urea groups is 1. The van der Waals surface area contributed by atoms with Crippen LogP contribution in [0.4, 0.5) is 9.18 Å². The molecule has 0 spiro atoms. The maximum Gasteiger partial charge on any atom is 0.324 e. The number of halogens is 1. The minimum atomic E-state index is -3.50. The van der Waals surface area contributed by atoms with E-state index in [-0.39, 0.29) is 24.0 Å². The van der Waals surface area contributed by atoms with Crippen LogP contribution in [0, 0.1) is 11.7 Å². The molecule has 2 aliphatic rings. The van der Waals surface area contributed by atoms with E-state index in [0.717, 1.165) is 12.8 Å². The molecule has 1 heterocycles. The predicted octanol–water partition coefficient (Wildman–Crippen LogP) is 2.22. The zero-order chi connectivity index (χ0) is 23.3. The van der Waals surface area contributed by atoms with Gasteiger partial charge in [-0.2, -0.15) is 0 Å². The number of unbranched alkanes of at least 4 members (excludes halogenated alkanes) is 2. The number of aliphatic hydroxyl groups excluding tert-OH is 1. The van der Waals surface area contributed by atoms with Gasteiger partial charge in [-0.1, -0.05) is 6.42 Å². The second-order valence-corrected chi connectivity index (χ2v) is 11.0. The van der Waals surface area contributed by atoms with E-state index in [0.29, 0.717) is 49.6 Å². The summed E-state index contributed by atoms with van der Waals surface area (Å²) in [6, 6.07) is 3.71. The number of benzene rings is 1. The first kappa shape index (κ1) is 24.4. The van der Waals surface area contributed by atoms with Gasteiger partial charge in [-0.3, -0.25) is 10.1 Å². The Bertz CT molecular complexity index is 932. The molecule has 1 aromatic carbocycles. The van der Waals surface area contributed by atoms with Crippen molar-refractivity contribution in [1.82, 2.24) is 10.2 Å². The Labute approximate surface area is 188 Å². The molecule has 3 amide bonds. The van der Waals surface area contributed by atoms with Crippen molar-refractivity contribution >= 4 is 21.8 Å². The number of nitrogens with one attached hydrogen (secondary N) is 1. The molecule has 2 N–H and O–H groups in total. The SMILES string of the molecule is CC(O)[C@@H](CS(=O)(=O)CCCCCN1CC(=O)NC1=O)c1cc(F)cc(OCC2CC2)c1. The first-order valence-electron chi connectivity index (χ1n) is 11.0. The summed E-state index contributed by atoms with van der Waals surface area (Å²) in [6.07, 6.45) is 2.78. The van der Waals surface area contributed by atoms with E-state index < -0.39 is 33.7 Å². The summed E-state index contributed by atoms with van der Waals surface area (Å²) in [4.78, 5) is 24.1. The molecule has 2 fully saturated rings. The van der Waals surface area contributed by atoms with Crippen molar-refractivity contribution in [3.8, 4) is 5.75 Å². The zero-order valence-corrected chi connectivity index (χ0v) is 19.1. The van der Waals surface area contributed by atoms with E-state index in [1.165, 1.54) is 24.0 Å².